The van der Waals surface area contributed by atoms with Gasteiger partial charge in [-0.2, -0.15) is 0 Å². The molecule has 0 heterocycles. The molecule has 140 valence electrons. The van der Waals surface area contributed by atoms with Crippen molar-refractivity contribution in [3.8, 4) is 5.75 Å². The number of halogens is 1. The van der Waals surface area contributed by atoms with E-state index in [0.717, 1.165) is 7.11 Å². The minimum Gasteiger partial charge on any atom is -0.488 e. The van der Waals surface area contributed by atoms with Crippen molar-refractivity contribution in [2.75, 3.05) is 13.7 Å². The molecule has 0 aliphatic carbocycles. The smallest absolute Gasteiger partial charge is 0.315 e. The van der Waals surface area contributed by atoms with Crippen LogP contribution in [0.3, 0.4) is 0 Å². The Morgan fingerprint density at radius 1 is 1.44 bits per heavy atom. The Labute approximate surface area is 144 Å². The van der Waals surface area contributed by atoms with Crippen LogP contribution in [0.5, 0.6) is 5.75 Å². The summed E-state index contributed by atoms with van der Waals surface area (Å²) in [6, 6.07) is 1.23. The van der Waals surface area contributed by atoms with Gasteiger partial charge in [-0.25, -0.2) is 17.5 Å². The summed E-state index contributed by atoms with van der Waals surface area (Å²) in [7, 11) is -3.33. The van der Waals surface area contributed by atoms with Crippen molar-refractivity contribution < 1.29 is 32.4 Å². The first-order chi connectivity index (χ1) is 11.5. The lowest BCUT2D eigenvalue weighted by Gasteiger charge is -2.15. The van der Waals surface area contributed by atoms with Crippen molar-refractivity contribution in [2.24, 2.45) is 11.8 Å². The van der Waals surface area contributed by atoms with Crippen LogP contribution >= 0.6 is 0 Å². The number of nitrogens with one attached hydrogen (secondary N) is 1. The van der Waals surface area contributed by atoms with E-state index in [0.29, 0.717) is 12.1 Å². The lowest BCUT2D eigenvalue weighted by atomic mass is 9.98. The summed E-state index contributed by atoms with van der Waals surface area (Å²) in [6.07, 6.45) is 0.231. The first-order valence-electron chi connectivity index (χ1n) is 7.24. The fourth-order valence-electron chi connectivity index (χ4n) is 2.18. The van der Waals surface area contributed by atoms with Crippen LogP contribution in [0, 0.1) is 27.8 Å². The normalized spacial score (nSPS) is 12.8. The molecule has 0 amide bonds. The molecular formula is C14H19FN2O7S. The number of hydrogen-bond donors (Lipinski definition) is 2. The van der Waals surface area contributed by atoms with Gasteiger partial charge in [-0.15, -0.1) is 0 Å². The fraction of sp³-hybridized carbons (Fsp3) is 0.500. The molecule has 1 aromatic carbocycles. The molecule has 0 fully saturated rings. The van der Waals surface area contributed by atoms with Gasteiger partial charge in [0, 0.05) is 12.6 Å². The van der Waals surface area contributed by atoms with Gasteiger partial charge < -0.3 is 9.84 Å². The molecule has 2 N–H and O–H groups in total. The highest BCUT2D eigenvalue weighted by Gasteiger charge is 2.28. The Morgan fingerprint density at radius 2 is 2.04 bits per heavy atom. The zero-order chi connectivity index (χ0) is 19.4. The lowest BCUT2D eigenvalue weighted by molar-refractivity contribution is -0.386. The number of benzene rings is 1. The Kier molecular flexibility index (Phi) is 6.82. The summed E-state index contributed by atoms with van der Waals surface area (Å²) in [5, 5.41) is 20.1. The number of ether oxygens (including phenoxy) is 1. The molecule has 0 aromatic heterocycles. The number of sulfonamides is 1. The summed E-state index contributed by atoms with van der Waals surface area (Å²) in [6.45, 7) is 3.15. The SMILES string of the molecule is COc1c(F)cc(S(=O)(=O)NCC(CC(C)C)C(=O)O)cc1[N+](=O)[O-]. The number of carboxylic acid groups (broad SMARTS) is 1. The fourth-order valence-corrected chi connectivity index (χ4v) is 3.29. The topological polar surface area (TPSA) is 136 Å². The predicted octanol–water partition coefficient (Wildman–Crippen LogP) is 1.77. The maximum absolute atomic E-state index is 13.9. The number of carboxylic acids is 1. The van der Waals surface area contributed by atoms with Crippen LogP contribution in [-0.2, 0) is 14.8 Å². The highest BCUT2D eigenvalue weighted by Crippen LogP contribution is 2.32. The van der Waals surface area contributed by atoms with E-state index in [1.165, 1.54) is 0 Å². The molecule has 11 heteroatoms. The molecule has 0 aliphatic rings. The van der Waals surface area contributed by atoms with E-state index in [9.17, 15) is 27.7 Å². The summed E-state index contributed by atoms with van der Waals surface area (Å²) in [5.41, 5.74) is -0.847. The Hall–Kier alpha value is -2.27. The van der Waals surface area contributed by atoms with E-state index in [-0.39, 0.29) is 12.3 Å². The molecule has 1 atom stereocenters. The molecule has 0 saturated heterocycles. The third-order valence-electron chi connectivity index (χ3n) is 3.33. The minimum atomic E-state index is -4.34. The first-order valence-corrected chi connectivity index (χ1v) is 8.72. The molecule has 0 bridgehead atoms. The van der Waals surface area contributed by atoms with Crippen molar-refractivity contribution in [3.05, 3.63) is 28.1 Å². The van der Waals surface area contributed by atoms with Crippen LogP contribution in [0.15, 0.2) is 17.0 Å². The number of nitrogens with zero attached hydrogens (tertiary/aromatic N) is 1. The zero-order valence-corrected chi connectivity index (χ0v) is 14.7. The van der Waals surface area contributed by atoms with Gasteiger partial charge in [-0.3, -0.25) is 14.9 Å². The van der Waals surface area contributed by atoms with E-state index in [1.54, 1.807) is 13.8 Å². The van der Waals surface area contributed by atoms with E-state index < -0.39 is 55.5 Å². The van der Waals surface area contributed by atoms with E-state index in [1.807, 2.05) is 0 Å². The van der Waals surface area contributed by atoms with Crippen molar-refractivity contribution in [3.63, 3.8) is 0 Å². The summed E-state index contributed by atoms with van der Waals surface area (Å²) >= 11 is 0. The number of rotatable bonds is 9. The lowest BCUT2D eigenvalue weighted by Crippen LogP contribution is -2.33. The highest BCUT2D eigenvalue weighted by molar-refractivity contribution is 7.89. The summed E-state index contributed by atoms with van der Waals surface area (Å²) in [4.78, 5) is 20.5. The van der Waals surface area contributed by atoms with Gasteiger partial charge in [-0.1, -0.05) is 13.8 Å². The number of nitro benzene ring substituents is 1. The zero-order valence-electron chi connectivity index (χ0n) is 13.9. The molecule has 1 aromatic rings. The van der Waals surface area contributed by atoms with Gasteiger partial charge >= 0.3 is 11.7 Å². The van der Waals surface area contributed by atoms with E-state index in [4.69, 9.17) is 5.11 Å². The maximum atomic E-state index is 13.9. The van der Waals surface area contributed by atoms with Crippen molar-refractivity contribution in [2.45, 2.75) is 25.2 Å². The quantitative estimate of drug-likeness (QED) is 0.493. The van der Waals surface area contributed by atoms with Crippen LogP contribution in [-0.4, -0.2) is 38.1 Å². The van der Waals surface area contributed by atoms with Gasteiger partial charge in [0.15, 0.2) is 5.82 Å². The molecule has 0 radical (unpaired) electrons. The third kappa shape index (κ3) is 5.36. The van der Waals surface area contributed by atoms with Crippen molar-refractivity contribution >= 4 is 21.7 Å². The third-order valence-corrected chi connectivity index (χ3v) is 4.74. The largest absolute Gasteiger partial charge is 0.488 e. The number of carbonyl (C=O) groups is 1. The average Bonchev–Trinajstić information content (AvgIpc) is 2.49. The van der Waals surface area contributed by atoms with Crippen LogP contribution < -0.4 is 9.46 Å². The molecule has 25 heavy (non-hydrogen) atoms. The van der Waals surface area contributed by atoms with Gasteiger partial charge in [0.25, 0.3) is 0 Å². The predicted molar refractivity (Wildman–Crippen MR) is 85.4 cm³/mol. The van der Waals surface area contributed by atoms with Gasteiger partial charge in [0.2, 0.25) is 15.8 Å². The van der Waals surface area contributed by atoms with Crippen molar-refractivity contribution in [1.82, 2.24) is 4.72 Å². The standard InChI is InChI=1S/C14H19FN2O7S/c1-8(2)4-9(14(18)19)7-16-25(22,23)10-5-11(15)13(24-3)12(6-10)17(20)21/h5-6,8-9,16H,4,7H2,1-3H3,(H,18,19). The number of hydrogen-bond acceptors (Lipinski definition) is 6. The molecule has 1 rings (SSSR count). The number of nitro groups is 1. The van der Waals surface area contributed by atoms with Gasteiger partial charge in [0.1, 0.15) is 0 Å². The van der Waals surface area contributed by atoms with E-state index >= 15 is 0 Å². The second-order valence-electron chi connectivity index (χ2n) is 5.73. The number of methoxy groups -OCH3 is 1. The van der Waals surface area contributed by atoms with Crippen LogP contribution in [0.25, 0.3) is 0 Å². The summed E-state index contributed by atoms with van der Waals surface area (Å²) < 4.78 is 45.0. The Morgan fingerprint density at radius 3 is 2.48 bits per heavy atom. The second-order valence-corrected chi connectivity index (χ2v) is 7.50. The highest BCUT2D eigenvalue weighted by atomic mass is 32.2. The molecule has 0 aliphatic heterocycles. The monoisotopic (exact) mass is 378 g/mol. The minimum absolute atomic E-state index is 0.0186. The number of aliphatic carboxylic acids is 1. The second kappa shape index (κ2) is 8.21. The summed E-state index contributed by atoms with van der Waals surface area (Å²) in [5.74, 6) is -4.04. The molecule has 0 saturated carbocycles. The molecule has 1 unspecified atom stereocenters. The van der Waals surface area contributed by atoms with Crippen molar-refractivity contribution in [1.29, 1.82) is 0 Å². The molecule has 0 spiro atoms. The Balaban J connectivity index is 3.14. The Bertz CT molecular complexity index is 765. The van der Waals surface area contributed by atoms with Crippen LogP contribution in [0.1, 0.15) is 20.3 Å². The van der Waals surface area contributed by atoms with Gasteiger partial charge in [0.05, 0.1) is 22.8 Å². The molecular weight excluding hydrogens is 359 g/mol. The van der Waals surface area contributed by atoms with E-state index in [2.05, 4.69) is 9.46 Å². The van der Waals surface area contributed by atoms with Crippen LogP contribution in [0.2, 0.25) is 0 Å². The van der Waals surface area contributed by atoms with Crippen LogP contribution in [0.4, 0.5) is 10.1 Å². The maximum Gasteiger partial charge on any atom is 0.315 e. The average molecular weight is 378 g/mol. The first kappa shape index (κ1) is 20.8. The van der Waals surface area contributed by atoms with Gasteiger partial charge in [-0.05, 0) is 18.4 Å². The molecule has 9 nitrogen and oxygen atoms in total.